The highest BCUT2D eigenvalue weighted by atomic mass is 32.2. The number of rotatable bonds is 24. The molecule has 1 unspecified atom stereocenters. The molecule has 4 amide bonds. The summed E-state index contributed by atoms with van der Waals surface area (Å²) in [5.74, 6) is -3.12. The summed E-state index contributed by atoms with van der Waals surface area (Å²) in [6.07, 6.45) is -6.78. The predicted molar refractivity (Wildman–Crippen MR) is 292 cm³/mol. The van der Waals surface area contributed by atoms with Gasteiger partial charge in [-0.25, -0.2) is 33.3 Å². The van der Waals surface area contributed by atoms with Gasteiger partial charge in [-0.1, -0.05) is 44.2 Å². The Kier molecular flexibility index (Phi) is 20.0. The molecule has 0 bridgehead atoms. The molecular formula is C50H62FN14O17PS. The third-order valence-corrected chi connectivity index (χ3v) is 14.4. The van der Waals surface area contributed by atoms with Crippen molar-refractivity contribution in [1.29, 1.82) is 0 Å². The first kappa shape index (κ1) is 62.3. The molecule has 0 saturated carbocycles. The van der Waals surface area contributed by atoms with Gasteiger partial charge in [-0.3, -0.25) is 48.0 Å². The maximum Gasteiger partial charge on any atom is 0.408 e. The maximum atomic E-state index is 15.9. The lowest BCUT2D eigenvalue weighted by Crippen LogP contribution is -2.54. The van der Waals surface area contributed by atoms with Crippen LogP contribution in [0, 0.1) is 5.92 Å². The van der Waals surface area contributed by atoms with E-state index < -0.39 is 128 Å². The molecule has 9 N–H and O–H groups in total. The van der Waals surface area contributed by atoms with E-state index in [0.717, 1.165) is 6.33 Å². The van der Waals surface area contributed by atoms with Gasteiger partial charge in [-0.2, -0.15) is 18.1 Å². The van der Waals surface area contributed by atoms with Crippen molar-refractivity contribution in [2.24, 2.45) is 5.92 Å². The molecule has 6 aromatic rings. The number of carbonyl (C=O) groups excluding carboxylic acids is 5. The highest BCUT2D eigenvalue weighted by molar-refractivity contribution is 7.84. The molecule has 452 valence electrons. The second-order valence-corrected chi connectivity index (χ2v) is 22.8. The normalized spacial score (nSPS) is 21.0. The molecule has 2 aliphatic rings. The number of nitrogens with zero attached hydrogens (tertiary/aromatic N) is 7. The second kappa shape index (κ2) is 26.9. The molecule has 10 atom stereocenters. The van der Waals surface area contributed by atoms with Crippen LogP contribution in [-0.2, 0) is 70.1 Å². The minimum atomic E-state index is -4.83. The fourth-order valence-electron chi connectivity index (χ4n) is 8.89. The summed E-state index contributed by atoms with van der Waals surface area (Å²) in [5, 5.41) is 23.4. The van der Waals surface area contributed by atoms with E-state index in [9.17, 15) is 51.8 Å². The monoisotopic (exact) mass is 1210 g/mol. The van der Waals surface area contributed by atoms with Gasteiger partial charge in [-0.15, -0.1) is 0 Å². The van der Waals surface area contributed by atoms with Crippen LogP contribution in [0.2, 0.25) is 0 Å². The number of halogens is 1. The van der Waals surface area contributed by atoms with Crippen molar-refractivity contribution in [3.63, 3.8) is 0 Å². The zero-order valence-electron chi connectivity index (χ0n) is 45.9. The van der Waals surface area contributed by atoms with E-state index in [-0.39, 0.29) is 65.9 Å². The van der Waals surface area contributed by atoms with Gasteiger partial charge in [0.05, 0.1) is 38.1 Å². The molecule has 8 rings (SSSR count). The number of amides is 4. The molecule has 2 fully saturated rings. The number of fused-ring (bicyclic) bond motifs is 2. The van der Waals surface area contributed by atoms with Crippen molar-refractivity contribution in [1.82, 2.24) is 59.7 Å². The van der Waals surface area contributed by atoms with Gasteiger partial charge < -0.3 is 54.7 Å². The van der Waals surface area contributed by atoms with E-state index >= 15 is 4.39 Å². The maximum absolute atomic E-state index is 15.9. The highest BCUT2D eigenvalue weighted by Crippen LogP contribution is 2.39. The Bertz CT molecular complexity index is 3570. The van der Waals surface area contributed by atoms with Gasteiger partial charge in [0.1, 0.15) is 54.4 Å². The van der Waals surface area contributed by atoms with Gasteiger partial charge in [0.15, 0.2) is 35.4 Å². The number of aromatic amines is 1. The SMILES string of the molecule is CC(C)[C@H](NC(=O)OC(C)(C)C)C(=O)N[C@@H](C)C(=O)Nc1ccc(COC(=O)CNCc2ccccc2C(=O)Nc2nc3c(ncn3[C@@H]3O[C@H](CO)C[C@H]3OS(=O)(=O)NC[C@H]3O[C@@H](n4cnc5cncnc54)[C@H](F)[C@@H]3O[PH](=O)O)c(=O)[nH]2)cc1. The zero-order valence-corrected chi connectivity index (χ0v) is 47.7. The third kappa shape index (κ3) is 15.7. The van der Waals surface area contributed by atoms with Crippen molar-refractivity contribution < 1.29 is 79.0 Å². The Hall–Kier alpha value is -7.72. The first-order chi connectivity index (χ1) is 39.9. The zero-order chi connectivity index (χ0) is 60.6. The van der Waals surface area contributed by atoms with Crippen LogP contribution in [0.25, 0.3) is 22.3 Å². The quantitative estimate of drug-likeness (QED) is 0.0306. The van der Waals surface area contributed by atoms with Crippen LogP contribution in [0.1, 0.15) is 81.9 Å². The number of alkyl carbamates (subject to hydrolysis) is 1. The Morgan fingerprint density at radius 3 is 2.38 bits per heavy atom. The summed E-state index contributed by atoms with van der Waals surface area (Å²) in [7, 11) is -8.59. The standard InChI is InChI=1S/C50H62FN14O17PS/c1-25(2)37(60-49(72)80-50(4,5)6)44(70)58-26(3)42(68)59-29-13-11-27(12-14-29)21-77-35(67)19-52-16-28-9-7-8-10-31(28)43(69)62-48-61-41-38(45(71)63-48)56-24-65(41)46-33(15-30(20-66)78-46)82-84(75,76)57-18-34-39(81-83(73)74)36(51)47(79-34)64-23-55-32-17-53-22-54-40(32)64/h7-14,17,22-26,30,33-34,36-37,39,46-47,52,57,66,83H,15-16,18-21H2,1-6H3,(H,58,70)(H,59,68)(H,60,72)(H,73,74)(H2,61,62,63,69,71)/t26-,30-,33+,34+,36+,37-,39+,46+,47+/m0/s1. The number of anilines is 2. The minimum absolute atomic E-state index is 0.00632. The first-order valence-electron chi connectivity index (χ1n) is 26.0. The number of H-pyrrole nitrogens is 1. The summed E-state index contributed by atoms with van der Waals surface area (Å²) in [5.41, 5.74) is -0.0308. The Balaban J connectivity index is 0.833. The van der Waals surface area contributed by atoms with Gasteiger partial charge >= 0.3 is 30.6 Å². The summed E-state index contributed by atoms with van der Waals surface area (Å²) in [6, 6.07) is 10.9. The number of alkyl halides is 1. The number of hydrogen-bond donors (Lipinski definition) is 9. The molecular weight excluding hydrogens is 1150 g/mol. The van der Waals surface area contributed by atoms with Crippen molar-refractivity contribution in [2.45, 2.75) is 122 Å². The molecule has 6 heterocycles. The van der Waals surface area contributed by atoms with Gasteiger partial charge in [0, 0.05) is 30.8 Å². The number of esters is 1. The molecule has 2 aliphatic heterocycles. The Morgan fingerprint density at radius 1 is 0.940 bits per heavy atom. The van der Waals surface area contributed by atoms with E-state index in [1.54, 1.807) is 77.1 Å². The summed E-state index contributed by atoms with van der Waals surface area (Å²) < 4.78 is 92.1. The van der Waals surface area contributed by atoms with Crippen LogP contribution in [-0.4, -0.2) is 155 Å². The van der Waals surface area contributed by atoms with Crippen molar-refractivity contribution in [3.05, 3.63) is 101 Å². The summed E-state index contributed by atoms with van der Waals surface area (Å²) >= 11 is 0. The molecule has 2 saturated heterocycles. The van der Waals surface area contributed by atoms with Crippen LogP contribution in [0.15, 0.2) is 78.5 Å². The largest absolute Gasteiger partial charge is 0.460 e. The minimum Gasteiger partial charge on any atom is -0.460 e. The number of ether oxygens (including phenoxy) is 4. The summed E-state index contributed by atoms with van der Waals surface area (Å²) in [4.78, 5) is 111. The number of aromatic nitrogens is 8. The lowest BCUT2D eigenvalue weighted by atomic mass is 10.0. The Morgan fingerprint density at radius 2 is 1.67 bits per heavy atom. The lowest BCUT2D eigenvalue weighted by Gasteiger charge is -2.26. The van der Waals surface area contributed by atoms with Crippen molar-refractivity contribution >= 4 is 82.3 Å². The van der Waals surface area contributed by atoms with Crippen LogP contribution in [0.4, 0.5) is 20.8 Å². The number of benzene rings is 2. The van der Waals surface area contributed by atoms with Crippen LogP contribution in [0.5, 0.6) is 0 Å². The van der Waals surface area contributed by atoms with E-state index in [1.807, 2.05) is 0 Å². The number of carbonyl (C=O) groups is 5. The van der Waals surface area contributed by atoms with E-state index in [0.29, 0.717) is 16.8 Å². The number of nitrogens with one attached hydrogen (secondary N) is 7. The molecule has 0 spiro atoms. The predicted octanol–water partition coefficient (Wildman–Crippen LogP) is 1.54. The number of imidazole rings is 2. The highest BCUT2D eigenvalue weighted by Gasteiger charge is 2.49. The van der Waals surface area contributed by atoms with Crippen LogP contribution in [0.3, 0.4) is 0 Å². The van der Waals surface area contributed by atoms with Crippen molar-refractivity contribution in [2.75, 3.05) is 30.3 Å². The smallest absolute Gasteiger partial charge is 0.408 e. The van der Waals surface area contributed by atoms with Gasteiger partial charge in [0.2, 0.25) is 17.8 Å². The topological polar surface area (TPSA) is 412 Å². The average molecular weight is 1210 g/mol. The number of hydrogen-bond acceptors (Lipinski definition) is 22. The molecule has 31 nitrogen and oxygen atoms in total. The molecule has 0 radical (unpaired) electrons. The van der Waals surface area contributed by atoms with Crippen molar-refractivity contribution in [3.8, 4) is 0 Å². The van der Waals surface area contributed by atoms with Gasteiger partial charge in [0.25, 0.3) is 11.5 Å². The number of aliphatic hydroxyl groups excluding tert-OH is 1. The van der Waals surface area contributed by atoms with Crippen LogP contribution < -0.4 is 36.9 Å². The second-order valence-electron chi connectivity index (χ2n) is 20.6. The Labute approximate surface area is 478 Å². The molecule has 2 aromatic carbocycles. The number of aliphatic hydroxyl groups is 1. The molecule has 0 aliphatic carbocycles. The molecule has 84 heavy (non-hydrogen) atoms. The first-order valence-corrected chi connectivity index (χ1v) is 28.7. The van der Waals surface area contributed by atoms with Crippen LogP contribution >= 0.6 is 8.25 Å². The fraction of sp³-hybridized carbons (Fsp3) is 0.460. The third-order valence-electron chi connectivity index (χ3n) is 12.9. The average Bonchev–Trinajstić information content (AvgIpc) is 2.37. The van der Waals surface area contributed by atoms with E-state index in [1.165, 1.54) is 41.0 Å². The van der Waals surface area contributed by atoms with E-state index in [2.05, 4.69) is 61.2 Å². The summed E-state index contributed by atoms with van der Waals surface area (Å²) in [6.45, 7) is 8.36. The fourth-order valence-corrected chi connectivity index (χ4v) is 10.3. The lowest BCUT2D eigenvalue weighted by molar-refractivity contribution is -0.143. The molecule has 4 aromatic heterocycles. The van der Waals surface area contributed by atoms with E-state index in [4.69, 9.17) is 27.7 Å². The van der Waals surface area contributed by atoms with Gasteiger partial charge in [-0.05, 0) is 62.9 Å². The molecule has 34 heteroatoms.